The molecular formula is C32H54N5O7+3. The van der Waals surface area contributed by atoms with Crippen LogP contribution in [0.2, 0.25) is 0 Å². The van der Waals surface area contributed by atoms with Gasteiger partial charge in [-0.2, -0.15) is 0 Å². The highest BCUT2D eigenvalue weighted by molar-refractivity contribution is 5.81. The fraction of sp³-hybridized carbons (Fsp3) is 0.562. The van der Waals surface area contributed by atoms with Crippen molar-refractivity contribution in [1.29, 1.82) is 0 Å². The Balaban J connectivity index is 0.000000516. The van der Waals surface area contributed by atoms with E-state index in [-0.39, 0.29) is 6.61 Å². The summed E-state index contributed by atoms with van der Waals surface area (Å²) in [5.41, 5.74) is 0. The van der Waals surface area contributed by atoms with Crippen LogP contribution in [-0.2, 0) is 67.4 Å². The number of aryl methyl sites for hydroxylation is 4. The van der Waals surface area contributed by atoms with Gasteiger partial charge in [-0.1, -0.05) is 12.6 Å². The normalized spacial score (nSPS) is 10.4. The molecule has 0 bridgehead atoms. The number of aromatic nitrogens is 5. The molecule has 0 N–H and O–H groups in total. The number of nitrogens with zero attached hydrogens (tertiary/aromatic N) is 5. The molecule has 0 radical (unpaired) electrons. The molecule has 0 amide bonds. The molecule has 0 saturated carbocycles. The van der Waals surface area contributed by atoms with E-state index in [1.165, 1.54) is 5.82 Å². The first kappa shape index (κ1) is 38.6. The lowest BCUT2D eigenvalue weighted by Crippen LogP contribution is -2.30. The van der Waals surface area contributed by atoms with Crippen LogP contribution >= 0.6 is 0 Å². The molecular weight excluding hydrogens is 566 g/mol. The summed E-state index contributed by atoms with van der Waals surface area (Å²) < 4.78 is 42.2. The molecule has 44 heavy (non-hydrogen) atoms. The van der Waals surface area contributed by atoms with Gasteiger partial charge in [0.25, 0.3) is 5.82 Å². The molecule has 0 unspecified atom stereocenters. The third-order valence-corrected chi connectivity index (χ3v) is 6.04. The van der Waals surface area contributed by atoms with E-state index in [1.807, 2.05) is 79.6 Å². The molecule has 0 spiro atoms. The van der Waals surface area contributed by atoms with Gasteiger partial charge in [-0.05, 0) is 6.92 Å². The van der Waals surface area contributed by atoms with Gasteiger partial charge in [-0.25, -0.2) is 27.6 Å². The Bertz CT molecular complexity index is 1100. The number of ether oxygens (including phenoxy) is 6. The monoisotopic (exact) mass is 620 g/mol. The Kier molecular flexibility index (Phi) is 22.8. The predicted molar refractivity (Wildman–Crippen MR) is 164 cm³/mol. The summed E-state index contributed by atoms with van der Waals surface area (Å²) in [7, 11) is 6.03. The minimum atomic E-state index is -0.448. The van der Waals surface area contributed by atoms with Crippen molar-refractivity contribution in [2.75, 3.05) is 72.7 Å². The maximum atomic E-state index is 10.8. The van der Waals surface area contributed by atoms with Crippen LogP contribution in [0.4, 0.5) is 0 Å². The zero-order valence-corrected chi connectivity index (χ0v) is 27.3. The lowest BCUT2D eigenvalue weighted by molar-refractivity contribution is -0.693. The summed E-state index contributed by atoms with van der Waals surface area (Å²) in [5.74, 6) is 0.751. The van der Waals surface area contributed by atoms with Crippen LogP contribution in [0.1, 0.15) is 12.7 Å². The molecule has 12 nitrogen and oxygen atoms in total. The van der Waals surface area contributed by atoms with E-state index in [0.29, 0.717) is 66.1 Å². The minimum Gasteiger partial charge on any atom is -0.460 e. The number of rotatable bonds is 20. The summed E-state index contributed by atoms with van der Waals surface area (Å²) in [4.78, 5) is 10.8. The summed E-state index contributed by atoms with van der Waals surface area (Å²) in [6.07, 6.45) is 15.3. The summed E-state index contributed by atoms with van der Waals surface area (Å²) in [5, 5.41) is 0. The number of esters is 1. The fourth-order valence-corrected chi connectivity index (χ4v) is 3.46. The van der Waals surface area contributed by atoms with Gasteiger partial charge in [0.15, 0.2) is 12.4 Å². The Morgan fingerprint density at radius 1 is 0.773 bits per heavy atom. The van der Waals surface area contributed by atoms with Gasteiger partial charge >= 0.3 is 5.97 Å². The first-order chi connectivity index (χ1) is 21.4. The number of hydrogen-bond donors (Lipinski definition) is 0. The molecule has 0 aliphatic rings. The molecule has 0 atom stereocenters. The summed E-state index contributed by atoms with van der Waals surface area (Å²) in [6.45, 7) is 14.7. The van der Waals surface area contributed by atoms with Crippen LogP contribution < -0.4 is 13.7 Å². The number of imidazole rings is 2. The smallest absolute Gasteiger partial charge is 0.330 e. The van der Waals surface area contributed by atoms with Crippen molar-refractivity contribution in [2.24, 2.45) is 21.1 Å². The second-order valence-corrected chi connectivity index (χ2v) is 9.53. The van der Waals surface area contributed by atoms with Crippen LogP contribution in [0.5, 0.6) is 0 Å². The third kappa shape index (κ3) is 20.5. The molecule has 3 aromatic heterocycles. The lowest BCUT2D eigenvalue weighted by Gasteiger charge is -2.08. The molecule has 0 aliphatic carbocycles. The highest BCUT2D eigenvalue weighted by atomic mass is 16.6. The minimum absolute atomic E-state index is 0.213. The number of carbonyl (C=O) groups is 1. The molecule has 3 rings (SSSR count). The van der Waals surface area contributed by atoms with Crippen molar-refractivity contribution in [2.45, 2.75) is 26.9 Å². The van der Waals surface area contributed by atoms with E-state index in [1.54, 1.807) is 0 Å². The highest BCUT2D eigenvalue weighted by Gasteiger charge is 2.07. The van der Waals surface area contributed by atoms with Gasteiger partial charge in [0, 0.05) is 25.1 Å². The molecule has 3 heterocycles. The third-order valence-electron chi connectivity index (χ3n) is 6.04. The van der Waals surface area contributed by atoms with E-state index in [2.05, 4.69) is 46.5 Å². The van der Waals surface area contributed by atoms with Gasteiger partial charge in [0.2, 0.25) is 6.33 Å². The zero-order chi connectivity index (χ0) is 32.3. The highest BCUT2D eigenvalue weighted by Crippen LogP contribution is 1.93. The number of carbonyl (C=O) groups excluding carboxylic acids is 1. The molecule has 246 valence electrons. The van der Waals surface area contributed by atoms with Crippen LogP contribution in [0, 0.1) is 6.92 Å². The maximum Gasteiger partial charge on any atom is 0.330 e. The standard InChI is InChI=1S/C20H35N2O7.C7H10N.C5H9N2/c1-4-20(23)29-18-17-28-16-15-27-14-13-26-12-11-25-10-9-24-8-7-22-6-5-21(3)19(22)2;1-2-8-6-4-3-5-7-8;1-6-3-4-7(2)5-6/h4-6H,1,7-18H2,2-3H3;3-7H,2H2,1H3;3-5H,1-2H3/q3*+1. The van der Waals surface area contributed by atoms with E-state index in [4.69, 9.17) is 28.4 Å². The van der Waals surface area contributed by atoms with Crippen molar-refractivity contribution in [3.05, 3.63) is 80.2 Å². The van der Waals surface area contributed by atoms with Gasteiger partial charge in [0.05, 0.1) is 87.2 Å². The SMILES string of the molecule is C=CC(=O)OCCOCCOCCOCCOCCOCCn1cc[n+](C)c1C.CC[n+]1ccccc1.Cn1cc[n+](C)c1. The van der Waals surface area contributed by atoms with Gasteiger partial charge in [0.1, 0.15) is 44.5 Å². The van der Waals surface area contributed by atoms with Crippen molar-refractivity contribution in [1.82, 2.24) is 9.13 Å². The first-order valence-corrected chi connectivity index (χ1v) is 15.0. The van der Waals surface area contributed by atoms with E-state index < -0.39 is 5.97 Å². The van der Waals surface area contributed by atoms with Crippen LogP contribution in [0.25, 0.3) is 0 Å². The zero-order valence-electron chi connectivity index (χ0n) is 27.3. The average molecular weight is 621 g/mol. The van der Waals surface area contributed by atoms with Gasteiger partial charge in [-0.15, -0.1) is 0 Å². The lowest BCUT2D eigenvalue weighted by atomic mass is 10.5. The molecule has 0 aromatic carbocycles. The number of hydrogen-bond acceptors (Lipinski definition) is 7. The van der Waals surface area contributed by atoms with Crippen molar-refractivity contribution >= 4 is 5.97 Å². The van der Waals surface area contributed by atoms with Crippen LogP contribution in [-0.4, -0.2) is 87.8 Å². The predicted octanol–water partition coefficient (Wildman–Crippen LogP) is 1.28. The second-order valence-electron chi connectivity index (χ2n) is 9.53. The summed E-state index contributed by atoms with van der Waals surface area (Å²) in [6, 6.07) is 6.08. The van der Waals surface area contributed by atoms with Gasteiger partial charge < -0.3 is 28.4 Å². The topological polar surface area (TPSA) is 94.0 Å². The second kappa shape index (κ2) is 26.0. The van der Waals surface area contributed by atoms with E-state index in [9.17, 15) is 4.79 Å². The van der Waals surface area contributed by atoms with Crippen LogP contribution in [0.3, 0.4) is 0 Å². The quantitative estimate of drug-likeness (QED) is 0.0814. The largest absolute Gasteiger partial charge is 0.460 e. The summed E-state index contributed by atoms with van der Waals surface area (Å²) >= 11 is 0. The van der Waals surface area contributed by atoms with Crippen molar-refractivity contribution in [3.63, 3.8) is 0 Å². The molecule has 0 aliphatic heterocycles. The van der Waals surface area contributed by atoms with E-state index >= 15 is 0 Å². The van der Waals surface area contributed by atoms with Crippen molar-refractivity contribution in [3.8, 4) is 0 Å². The molecule has 0 fully saturated rings. The van der Waals surface area contributed by atoms with Crippen LogP contribution in [0.15, 0.2) is 74.4 Å². The van der Waals surface area contributed by atoms with Gasteiger partial charge in [-0.3, -0.25) is 0 Å². The molecule has 3 aromatic rings. The molecule has 12 heteroatoms. The Morgan fingerprint density at radius 2 is 1.30 bits per heavy atom. The Morgan fingerprint density at radius 3 is 1.66 bits per heavy atom. The Hall–Kier alpha value is -3.42. The maximum absolute atomic E-state index is 10.8. The first-order valence-electron chi connectivity index (χ1n) is 15.0. The average Bonchev–Trinajstić information content (AvgIpc) is 3.58. The van der Waals surface area contributed by atoms with Crippen molar-refractivity contribution < 1.29 is 46.9 Å². The molecule has 0 saturated heterocycles. The Labute approximate surface area is 263 Å². The fourth-order valence-electron chi connectivity index (χ4n) is 3.46. The van der Waals surface area contributed by atoms with E-state index in [0.717, 1.165) is 19.2 Å². The number of pyridine rings is 1.